The summed E-state index contributed by atoms with van der Waals surface area (Å²) >= 11 is 0. The van der Waals surface area contributed by atoms with E-state index in [0.29, 0.717) is 12.3 Å². The van der Waals surface area contributed by atoms with Gasteiger partial charge in [0.2, 0.25) is 0 Å². The third-order valence-electron chi connectivity index (χ3n) is 5.62. The normalized spacial score (nSPS) is 19.5. The molecule has 0 N–H and O–H groups in total. The predicted molar refractivity (Wildman–Crippen MR) is 109 cm³/mol. The number of ether oxygens (including phenoxy) is 2. The maximum atomic E-state index is 13.0. The van der Waals surface area contributed by atoms with Crippen LogP contribution >= 0.6 is 0 Å². The maximum absolute atomic E-state index is 13.0. The molecular formula is C22H25N3O4. The Bertz CT molecular complexity index is 931. The third-order valence-corrected chi connectivity index (χ3v) is 5.62. The number of carbonyl (C=O) groups is 2. The number of imide groups is 1. The number of amides is 3. The quantitative estimate of drug-likeness (QED) is 0.729. The number of fused-ring (bicyclic) bond motifs is 1. The van der Waals surface area contributed by atoms with E-state index in [1.54, 1.807) is 26.0 Å². The van der Waals surface area contributed by atoms with Gasteiger partial charge in [0.1, 0.15) is 6.04 Å². The first-order chi connectivity index (χ1) is 14.0. The van der Waals surface area contributed by atoms with Crippen LogP contribution in [0.25, 0.3) is 0 Å². The zero-order valence-electron chi connectivity index (χ0n) is 16.9. The first-order valence-corrected chi connectivity index (χ1v) is 9.69. The molecule has 1 fully saturated rings. The number of nitrogens with zero attached hydrogens (tertiary/aromatic N) is 3. The molecule has 1 atom stereocenters. The van der Waals surface area contributed by atoms with Crippen molar-refractivity contribution in [2.45, 2.75) is 25.9 Å². The third kappa shape index (κ3) is 3.42. The fourth-order valence-electron chi connectivity index (χ4n) is 4.04. The molecule has 2 aromatic rings. The molecule has 0 spiro atoms. The fraction of sp³-hybridized carbons (Fsp3) is 0.364. The summed E-state index contributed by atoms with van der Waals surface area (Å²) in [6.45, 7) is 3.46. The first kappa shape index (κ1) is 19.3. The van der Waals surface area contributed by atoms with Gasteiger partial charge in [-0.25, -0.2) is 9.69 Å². The molecule has 0 aromatic heterocycles. The molecule has 2 aliphatic rings. The second kappa shape index (κ2) is 7.75. The van der Waals surface area contributed by atoms with Gasteiger partial charge in [0, 0.05) is 18.8 Å². The van der Waals surface area contributed by atoms with Crippen LogP contribution < -0.4 is 14.4 Å². The summed E-state index contributed by atoms with van der Waals surface area (Å²) in [5.41, 5.74) is 3.07. The molecule has 2 aliphatic heterocycles. The molecule has 1 saturated heterocycles. The van der Waals surface area contributed by atoms with E-state index in [9.17, 15) is 9.59 Å². The summed E-state index contributed by atoms with van der Waals surface area (Å²) in [5.74, 6) is 1.24. The van der Waals surface area contributed by atoms with Gasteiger partial charge >= 0.3 is 6.03 Å². The number of benzene rings is 2. The molecule has 4 rings (SSSR count). The van der Waals surface area contributed by atoms with Crippen LogP contribution in [0.3, 0.4) is 0 Å². The lowest BCUT2D eigenvalue weighted by molar-refractivity contribution is -0.128. The summed E-state index contributed by atoms with van der Waals surface area (Å²) in [4.78, 5) is 30.8. The van der Waals surface area contributed by atoms with Crippen molar-refractivity contribution in [1.82, 2.24) is 9.80 Å². The second-order valence-electron chi connectivity index (χ2n) is 7.35. The van der Waals surface area contributed by atoms with E-state index in [-0.39, 0.29) is 18.6 Å². The van der Waals surface area contributed by atoms with Crippen LogP contribution in [0.2, 0.25) is 0 Å². The Morgan fingerprint density at radius 1 is 1.00 bits per heavy atom. The highest BCUT2D eigenvalue weighted by molar-refractivity contribution is 6.14. The monoisotopic (exact) mass is 395 g/mol. The van der Waals surface area contributed by atoms with Crippen molar-refractivity contribution in [3.8, 4) is 11.5 Å². The standard InChI is InChI=1S/C22H25N3O4/c1-15-21(26)24(22(27)25(15)18-7-5-4-6-8-18)14-23-10-9-16-11-19(28-2)20(29-3)12-17(16)13-23/h4-8,11-12,15H,9-10,13-14H2,1-3H3/t15-/m1/s1. The maximum Gasteiger partial charge on any atom is 0.333 e. The van der Waals surface area contributed by atoms with Gasteiger partial charge in [-0.15, -0.1) is 0 Å². The minimum atomic E-state index is -0.508. The largest absolute Gasteiger partial charge is 0.493 e. The first-order valence-electron chi connectivity index (χ1n) is 9.69. The van der Waals surface area contributed by atoms with Gasteiger partial charge in [0.05, 0.1) is 20.9 Å². The molecular weight excluding hydrogens is 370 g/mol. The van der Waals surface area contributed by atoms with Crippen LogP contribution in [-0.2, 0) is 17.8 Å². The van der Waals surface area contributed by atoms with Gasteiger partial charge in [0.25, 0.3) is 5.91 Å². The van der Waals surface area contributed by atoms with Gasteiger partial charge in [0.15, 0.2) is 11.5 Å². The average molecular weight is 395 g/mol. The molecule has 0 saturated carbocycles. The highest BCUT2D eigenvalue weighted by Crippen LogP contribution is 2.33. The zero-order chi connectivity index (χ0) is 20.5. The van der Waals surface area contributed by atoms with Crippen LogP contribution in [0, 0.1) is 0 Å². The topological polar surface area (TPSA) is 62.3 Å². The number of urea groups is 1. The van der Waals surface area contributed by atoms with Crippen LogP contribution in [0.15, 0.2) is 42.5 Å². The number of methoxy groups -OCH3 is 2. The summed E-state index contributed by atoms with van der Waals surface area (Å²) < 4.78 is 10.8. The molecule has 7 nitrogen and oxygen atoms in total. The Balaban J connectivity index is 1.52. The summed E-state index contributed by atoms with van der Waals surface area (Å²) in [5, 5.41) is 0. The molecule has 2 aromatic carbocycles. The summed E-state index contributed by atoms with van der Waals surface area (Å²) in [6, 6.07) is 12.5. The van der Waals surface area contributed by atoms with Crippen LogP contribution in [0.1, 0.15) is 18.1 Å². The van der Waals surface area contributed by atoms with Crippen molar-refractivity contribution in [3.63, 3.8) is 0 Å². The van der Waals surface area contributed by atoms with Gasteiger partial charge in [-0.3, -0.25) is 14.6 Å². The van der Waals surface area contributed by atoms with E-state index >= 15 is 0 Å². The minimum absolute atomic E-state index is 0.169. The number of carbonyl (C=O) groups excluding carboxylic acids is 2. The average Bonchev–Trinajstić information content (AvgIpc) is 2.96. The Morgan fingerprint density at radius 3 is 2.31 bits per heavy atom. The Labute approximate surface area is 170 Å². The van der Waals surface area contributed by atoms with E-state index in [1.807, 2.05) is 42.5 Å². The van der Waals surface area contributed by atoms with Gasteiger partial charge in [-0.2, -0.15) is 0 Å². The highest BCUT2D eigenvalue weighted by atomic mass is 16.5. The van der Waals surface area contributed by atoms with Crippen LogP contribution in [0.5, 0.6) is 11.5 Å². The van der Waals surface area contributed by atoms with E-state index < -0.39 is 6.04 Å². The lowest BCUT2D eigenvalue weighted by Crippen LogP contribution is -2.44. The van der Waals surface area contributed by atoms with Crippen molar-refractivity contribution < 1.29 is 19.1 Å². The molecule has 0 radical (unpaired) electrons. The van der Waals surface area contributed by atoms with E-state index in [2.05, 4.69) is 4.90 Å². The van der Waals surface area contributed by atoms with Crippen molar-refractivity contribution in [2.24, 2.45) is 0 Å². The van der Waals surface area contributed by atoms with Gasteiger partial charge in [-0.1, -0.05) is 18.2 Å². The van der Waals surface area contributed by atoms with Crippen molar-refractivity contribution in [3.05, 3.63) is 53.6 Å². The molecule has 0 bridgehead atoms. The minimum Gasteiger partial charge on any atom is -0.493 e. The SMILES string of the molecule is COc1cc2c(cc1OC)CN(CN1C(=O)[C@@H](C)N(c3ccccc3)C1=O)CC2. The van der Waals surface area contributed by atoms with Gasteiger partial charge in [-0.05, 0) is 48.7 Å². The van der Waals surface area contributed by atoms with Crippen LogP contribution in [0.4, 0.5) is 10.5 Å². The lowest BCUT2D eigenvalue weighted by atomic mass is 9.99. The number of rotatable bonds is 5. The summed E-state index contributed by atoms with van der Waals surface area (Å²) in [6.07, 6.45) is 0.823. The molecule has 3 amide bonds. The Morgan fingerprint density at radius 2 is 1.66 bits per heavy atom. The fourth-order valence-corrected chi connectivity index (χ4v) is 4.04. The smallest absolute Gasteiger partial charge is 0.333 e. The van der Waals surface area contributed by atoms with Crippen molar-refractivity contribution >= 4 is 17.6 Å². The van der Waals surface area contributed by atoms with Crippen molar-refractivity contribution in [2.75, 3.05) is 32.3 Å². The molecule has 152 valence electrons. The van der Waals surface area contributed by atoms with Crippen molar-refractivity contribution in [1.29, 1.82) is 0 Å². The Hall–Kier alpha value is -3.06. The number of para-hydroxylation sites is 1. The molecule has 0 unspecified atom stereocenters. The second-order valence-corrected chi connectivity index (χ2v) is 7.35. The molecule has 2 heterocycles. The molecule has 29 heavy (non-hydrogen) atoms. The molecule has 7 heteroatoms. The summed E-state index contributed by atoms with van der Waals surface area (Å²) in [7, 11) is 3.25. The highest BCUT2D eigenvalue weighted by Gasteiger charge is 2.44. The van der Waals surface area contributed by atoms with E-state index in [0.717, 1.165) is 30.0 Å². The van der Waals surface area contributed by atoms with Crippen LogP contribution in [-0.4, -0.2) is 55.2 Å². The number of hydrogen-bond donors (Lipinski definition) is 0. The lowest BCUT2D eigenvalue weighted by Gasteiger charge is -2.31. The predicted octanol–water partition coefficient (Wildman–Crippen LogP) is 2.88. The number of hydrogen-bond acceptors (Lipinski definition) is 5. The molecule has 0 aliphatic carbocycles. The zero-order valence-corrected chi connectivity index (χ0v) is 16.9. The van der Waals surface area contributed by atoms with Gasteiger partial charge < -0.3 is 9.47 Å². The number of anilines is 1. The van der Waals surface area contributed by atoms with E-state index in [4.69, 9.17) is 9.47 Å². The Kier molecular flexibility index (Phi) is 5.15. The van der Waals surface area contributed by atoms with E-state index in [1.165, 1.54) is 10.5 Å².